The zero-order valence-electron chi connectivity index (χ0n) is 17.3. The van der Waals surface area contributed by atoms with Crippen LogP contribution >= 0.6 is 11.3 Å². The van der Waals surface area contributed by atoms with Crippen LogP contribution in [0.3, 0.4) is 0 Å². The van der Waals surface area contributed by atoms with Gasteiger partial charge < -0.3 is 0 Å². The number of pyridine rings is 1. The van der Waals surface area contributed by atoms with Crippen molar-refractivity contribution in [3.63, 3.8) is 0 Å². The average molecular weight is 488 g/mol. The molecule has 6 nitrogen and oxygen atoms in total. The molecule has 2 aromatic heterocycles. The number of nitrogens with zero attached hydrogens (tertiary/aromatic N) is 3. The third-order valence-electron chi connectivity index (χ3n) is 4.84. The van der Waals surface area contributed by atoms with Gasteiger partial charge in [0.25, 0.3) is 0 Å². The predicted octanol–water partition coefficient (Wildman–Crippen LogP) is 4.51. The Hall–Kier alpha value is -3.24. The molecule has 0 spiro atoms. The van der Waals surface area contributed by atoms with E-state index in [1.54, 1.807) is 54.7 Å². The van der Waals surface area contributed by atoms with E-state index in [1.165, 1.54) is 4.90 Å². The van der Waals surface area contributed by atoms with Gasteiger partial charge in [0.1, 0.15) is 11.3 Å². The number of rotatable bonds is 8. The van der Waals surface area contributed by atoms with Crippen LogP contribution in [-0.4, -0.2) is 30.0 Å². The SMILES string of the molecule is O=C(CCS(=O)(=O)Cc1ccccc1)N(Cc1ccccn1)c1nc2c(F)cc(F)cc2s1. The van der Waals surface area contributed by atoms with Crippen LogP contribution in [0.1, 0.15) is 17.7 Å². The summed E-state index contributed by atoms with van der Waals surface area (Å²) < 4.78 is 53.2. The van der Waals surface area contributed by atoms with Crippen molar-refractivity contribution in [3.05, 3.63) is 89.8 Å². The molecule has 1 amide bonds. The van der Waals surface area contributed by atoms with Crippen LogP contribution in [0.25, 0.3) is 10.2 Å². The molecule has 0 bridgehead atoms. The lowest BCUT2D eigenvalue weighted by Gasteiger charge is -2.19. The van der Waals surface area contributed by atoms with Crippen LogP contribution < -0.4 is 4.90 Å². The van der Waals surface area contributed by atoms with Crippen LogP contribution in [-0.2, 0) is 26.9 Å². The number of aromatic nitrogens is 2. The molecule has 170 valence electrons. The lowest BCUT2D eigenvalue weighted by atomic mass is 10.2. The molecular weight excluding hydrogens is 468 g/mol. The number of halogens is 2. The third-order valence-corrected chi connectivity index (χ3v) is 7.46. The fourth-order valence-electron chi connectivity index (χ4n) is 3.26. The second-order valence-corrected chi connectivity index (χ2v) is 10.6. The van der Waals surface area contributed by atoms with Gasteiger partial charge in [0, 0.05) is 18.7 Å². The maximum atomic E-state index is 14.2. The lowest BCUT2D eigenvalue weighted by molar-refractivity contribution is -0.118. The van der Waals surface area contributed by atoms with Gasteiger partial charge in [-0.1, -0.05) is 47.7 Å². The number of thiazole rings is 1. The number of amides is 1. The fourth-order valence-corrected chi connectivity index (χ4v) is 5.61. The summed E-state index contributed by atoms with van der Waals surface area (Å²) in [5, 5.41) is 0.144. The Bertz CT molecular complexity index is 1380. The lowest BCUT2D eigenvalue weighted by Crippen LogP contribution is -2.32. The number of anilines is 1. The molecule has 0 aliphatic rings. The molecule has 0 N–H and O–H groups in total. The molecule has 10 heteroatoms. The van der Waals surface area contributed by atoms with Crippen LogP contribution in [0, 0.1) is 11.6 Å². The van der Waals surface area contributed by atoms with E-state index in [2.05, 4.69) is 9.97 Å². The number of sulfone groups is 1. The summed E-state index contributed by atoms with van der Waals surface area (Å²) >= 11 is 0.954. The van der Waals surface area contributed by atoms with E-state index < -0.39 is 27.4 Å². The van der Waals surface area contributed by atoms with Gasteiger partial charge in [-0.15, -0.1) is 0 Å². The summed E-state index contributed by atoms with van der Waals surface area (Å²) in [4.78, 5) is 22.8. The van der Waals surface area contributed by atoms with Crippen LogP contribution in [0.15, 0.2) is 66.9 Å². The van der Waals surface area contributed by atoms with Crippen molar-refractivity contribution < 1.29 is 22.0 Å². The zero-order valence-corrected chi connectivity index (χ0v) is 19.0. The van der Waals surface area contributed by atoms with Crippen molar-refractivity contribution in [2.75, 3.05) is 10.7 Å². The summed E-state index contributed by atoms with van der Waals surface area (Å²) in [6, 6.07) is 15.8. The summed E-state index contributed by atoms with van der Waals surface area (Å²) in [5.74, 6) is -2.61. The highest BCUT2D eigenvalue weighted by atomic mass is 32.2. The molecule has 0 radical (unpaired) electrons. The highest BCUT2D eigenvalue weighted by molar-refractivity contribution is 7.90. The molecule has 0 unspecified atom stereocenters. The van der Waals surface area contributed by atoms with Gasteiger partial charge in [-0.05, 0) is 23.8 Å². The quantitative estimate of drug-likeness (QED) is 0.365. The Kier molecular flexibility index (Phi) is 6.75. The van der Waals surface area contributed by atoms with E-state index in [0.717, 1.165) is 23.5 Å². The van der Waals surface area contributed by atoms with Gasteiger partial charge in [-0.2, -0.15) is 0 Å². The van der Waals surface area contributed by atoms with Crippen molar-refractivity contribution in [1.82, 2.24) is 9.97 Å². The largest absolute Gasteiger partial charge is 0.282 e. The first kappa shape index (κ1) is 22.9. The molecule has 0 aliphatic carbocycles. The topological polar surface area (TPSA) is 80.2 Å². The summed E-state index contributed by atoms with van der Waals surface area (Å²) in [5.41, 5.74) is 1.13. The Morgan fingerprint density at radius 1 is 1.03 bits per heavy atom. The van der Waals surface area contributed by atoms with Crippen molar-refractivity contribution in [2.45, 2.75) is 18.7 Å². The minimum Gasteiger partial charge on any atom is -0.282 e. The smallest absolute Gasteiger partial charge is 0.230 e. The molecule has 0 fully saturated rings. The first-order chi connectivity index (χ1) is 15.8. The standard InChI is InChI=1S/C23H19F2N3O3S2/c24-17-12-19(25)22-20(13-17)32-23(27-22)28(14-18-8-4-5-10-26-18)21(29)9-11-33(30,31)15-16-6-2-1-3-7-16/h1-8,10,12-13H,9,11,14-15H2. The van der Waals surface area contributed by atoms with Crippen LogP contribution in [0.2, 0.25) is 0 Å². The first-order valence-electron chi connectivity index (χ1n) is 10.0. The second kappa shape index (κ2) is 9.72. The Labute approximate surface area is 193 Å². The number of fused-ring (bicyclic) bond motifs is 1. The van der Waals surface area contributed by atoms with Gasteiger partial charge in [-0.25, -0.2) is 22.2 Å². The van der Waals surface area contributed by atoms with E-state index in [4.69, 9.17) is 0 Å². The predicted molar refractivity (Wildman–Crippen MR) is 124 cm³/mol. The molecule has 4 aromatic rings. The minimum absolute atomic E-state index is 0.0162. The van der Waals surface area contributed by atoms with Crippen molar-refractivity contribution in [3.8, 4) is 0 Å². The van der Waals surface area contributed by atoms with E-state index in [9.17, 15) is 22.0 Å². The van der Waals surface area contributed by atoms with Gasteiger partial charge in [0.15, 0.2) is 20.8 Å². The highest BCUT2D eigenvalue weighted by Crippen LogP contribution is 2.32. The van der Waals surface area contributed by atoms with E-state index in [-0.39, 0.29) is 39.8 Å². The number of carbonyl (C=O) groups excluding carboxylic acids is 1. The van der Waals surface area contributed by atoms with Crippen LogP contribution in [0.4, 0.5) is 13.9 Å². The van der Waals surface area contributed by atoms with E-state index in [0.29, 0.717) is 11.3 Å². The van der Waals surface area contributed by atoms with Gasteiger partial charge in [0.2, 0.25) is 5.91 Å². The number of benzene rings is 2. The van der Waals surface area contributed by atoms with Gasteiger partial charge >= 0.3 is 0 Å². The molecule has 2 aromatic carbocycles. The van der Waals surface area contributed by atoms with Gasteiger partial charge in [0.05, 0.1) is 28.4 Å². The van der Waals surface area contributed by atoms with Crippen molar-refractivity contribution >= 4 is 42.4 Å². The second-order valence-electron chi connectivity index (χ2n) is 7.36. The molecule has 2 heterocycles. The van der Waals surface area contributed by atoms with E-state index in [1.807, 2.05) is 0 Å². The maximum Gasteiger partial charge on any atom is 0.230 e. The fraction of sp³-hybridized carbons (Fsp3) is 0.174. The third kappa shape index (κ3) is 5.77. The Morgan fingerprint density at radius 2 is 1.79 bits per heavy atom. The molecular formula is C23H19F2N3O3S2. The zero-order chi connectivity index (χ0) is 23.4. The highest BCUT2D eigenvalue weighted by Gasteiger charge is 2.24. The molecule has 0 aliphatic heterocycles. The number of hydrogen-bond acceptors (Lipinski definition) is 6. The average Bonchev–Trinajstić information content (AvgIpc) is 3.21. The van der Waals surface area contributed by atoms with Crippen LogP contribution in [0.5, 0.6) is 0 Å². The monoisotopic (exact) mass is 487 g/mol. The molecule has 0 saturated heterocycles. The number of carbonyl (C=O) groups is 1. The Morgan fingerprint density at radius 3 is 2.52 bits per heavy atom. The summed E-state index contributed by atoms with van der Waals surface area (Å²) in [7, 11) is -3.54. The van der Waals surface area contributed by atoms with Gasteiger partial charge in [-0.3, -0.25) is 14.7 Å². The first-order valence-corrected chi connectivity index (χ1v) is 12.6. The minimum atomic E-state index is -3.54. The van der Waals surface area contributed by atoms with Crippen molar-refractivity contribution in [2.24, 2.45) is 0 Å². The van der Waals surface area contributed by atoms with Crippen molar-refractivity contribution in [1.29, 1.82) is 0 Å². The Balaban J connectivity index is 1.58. The van der Waals surface area contributed by atoms with E-state index >= 15 is 0 Å². The molecule has 0 atom stereocenters. The molecule has 4 rings (SSSR count). The molecule has 0 saturated carbocycles. The summed E-state index contributed by atoms with van der Waals surface area (Å²) in [6.07, 6.45) is 1.28. The normalized spacial score (nSPS) is 11.6. The maximum absolute atomic E-state index is 14.2. The summed E-state index contributed by atoms with van der Waals surface area (Å²) in [6.45, 7) is 0.0162. The molecule has 33 heavy (non-hydrogen) atoms. The number of hydrogen-bond donors (Lipinski definition) is 0.